The molecule has 1 heterocycles. The Morgan fingerprint density at radius 1 is 1.33 bits per heavy atom. The van der Waals surface area contributed by atoms with Gasteiger partial charge >= 0.3 is 0 Å². The lowest BCUT2D eigenvalue weighted by atomic mass is 9.75. The summed E-state index contributed by atoms with van der Waals surface area (Å²) in [5.74, 6) is 0.546. The second kappa shape index (κ2) is 6.76. The zero-order valence-corrected chi connectivity index (χ0v) is 14.8. The summed E-state index contributed by atoms with van der Waals surface area (Å²) in [6.07, 6.45) is 2.39. The number of hydrogen-bond donors (Lipinski definition) is 1. The molecule has 1 aromatic carbocycles. The van der Waals surface area contributed by atoms with Crippen LogP contribution in [0.5, 0.6) is 0 Å². The Hall–Kier alpha value is -0.450. The van der Waals surface area contributed by atoms with Crippen LogP contribution in [0.2, 0.25) is 0 Å². The Morgan fingerprint density at radius 3 is 2.43 bits per heavy atom. The van der Waals surface area contributed by atoms with Crippen LogP contribution in [0, 0.1) is 17.2 Å². The summed E-state index contributed by atoms with van der Waals surface area (Å²) < 4.78 is 14.3. The third-order valence-electron chi connectivity index (χ3n) is 4.75. The minimum absolute atomic E-state index is 0.119. The Labute approximate surface area is 136 Å². The summed E-state index contributed by atoms with van der Waals surface area (Å²) in [6.45, 7) is 9.57. The van der Waals surface area contributed by atoms with Gasteiger partial charge in [0, 0.05) is 12.6 Å². The topological polar surface area (TPSA) is 29.3 Å². The predicted molar refractivity (Wildman–Crippen MR) is 89.6 cm³/mol. The van der Waals surface area contributed by atoms with Crippen LogP contribution in [0.15, 0.2) is 22.7 Å². The number of hydrogen-bond acceptors (Lipinski definition) is 2. The summed E-state index contributed by atoms with van der Waals surface area (Å²) in [5, 5.41) is 0. The van der Waals surface area contributed by atoms with Crippen molar-refractivity contribution < 1.29 is 4.39 Å². The van der Waals surface area contributed by atoms with Gasteiger partial charge in [-0.2, -0.15) is 0 Å². The molecule has 0 spiro atoms. The fourth-order valence-electron chi connectivity index (χ4n) is 3.29. The summed E-state index contributed by atoms with van der Waals surface area (Å²) >= 11 is 3.21. The summed E-state index contributed by atoms with van der Waals surface area (Å²) in [6, 6.07) is 5.47. The predicted octanol–water partition coefficient (Wildman–Crippen LogP) is 4.35. The van der Waals surface area contributed by atoms with Crippen molar-refractivity contribution in [3.63, 3.8) is 0 Å². The number of halogens is 2. The van der Waals surface area contributed by atoms with Gasteiger partial charge in [-0.3, -0.25) is 4.90 Å². The van der Waals surface area contributed by atoms with Gasteiger partial charge < -0.3 is 5.73 Å². The number of benzene rings is 1. The molecular weight excluding hydrogens is 331 g/mol. The minimum atomic E-state index is -0.212. The van der Waals surface area contributed by atoms with Crippen LogP contribution in [0.1, 0.15) is 45.2 Å². The van der Waals surface area contributed by atoms with Gasteiger partial charge in [-0.1, -0.05) is 26.8 Å². The molecule has 1 unspecified atom stereocenters. The molecule has 1 saturated heterocycles. The lowest BCUT2D eigenvalue weighted by Gasteiger charge is -2.41. The number of nitrogens with two attached hydrogens (primary N) is 1. The average Bonchev–Trinajstić information content (AvgIpc) is 2.43. The van der Waals surface area contributed by atoms with E-state index >= 15 is 0 Å². The lowest BCUT2D eigenvalue weighted by Crippen LogP contribution is -2.42. The molecule has 4 heteroatoms. The van der Waals surface area contributed by atoms with Gasteiger partial charge in [0.1, 0.15) is 5.82 Å². The van der Waals surface area contributed by atoms with Crippen molar-refractivity contribution in [1.29, 1.82) is 0 Å². The summed E-state index contributed by atoms with van der Waals surface area (Å²) in [5.41, 5.74) is 7.32. The lowest BCUT2D eigenvalue weighted by molar-refractivity contribution is 0.0845. The normalized spacial score (nSPS) is 19.7. The van der Waals surface area contributed by atoms with Crippen LogP contribution in [-0.2, 0) is 0 Å². The zero-order valence-electron chi connectivity index (χ0n) is 13.2. The standard InChI is InChI=1S/C17H26BrFN2/c1-17(2,3)13-6-8-21(9-7-13)16(11-20)12-4-5-14(18)15(19)10-12/h4-5,10,13,16H,6-9,11,20H2,1-3H3. The second-order valence-electron chi connectivity index (χ2n) is 7.10. The van der Waals surface area contributed by atoms with Crippen LogP contribution >= 0.6 is 15.9 Å². The highest BCUT2D eigenvalue weighted by atomic mass is 79.9. The summed E-state index contributed by atoms with van der Waals surface area (Å²) in [7, 11) is 0. The summed E-state index contributed by atoms with van der Waals surface area (Å²) in [4.78, 5) is 2.41. The highest BCUT2D eigenvalue weighted by Gasteiger charge is 2.31. The van der Waals surface area contributed by atoms with E-state index in [9.17, 15) is 4.39 Å². The van der Waals surface area contributed by atoms with Crippen LogP contribution in [0.25, 0.3) is 0 Å². The van der Waals surface area contributed by atoms with Gasteiger partial charge in [0.25, 0.3) is 0 Å². The van der Waals surface area contributed by atoms with Crippen molar-refractivity contribution in [1.82, 2.24) is 4.90 Å². The van der Waals surface area contributed by atoms with Gasteiger partial charge in [-0.25, -0.2) is 4.39 Å². The Kier molecular flexibility index (Phi) is 5.44. The zero-order chi connectivity index (χ0) is 15.6. The molecule has 0 aliphatic carbocycles. The first-order valence-electron chi connectivity index (χ1n) is 7.72. The minimum Gasteiger partial charge on any atom is -0.329 e. The molecule has 1 aliphatic heterocycles. The van der Waals surface area contributed by atoms with E-state index in [4.69, 9.17) is 5.73 Å². The molecule has 0 bridgehead atoms. The Balaban J connectivity index is 2.07. The maximum absolute atomic E-state index is 13.8. The fourth-order valence-corrected chi connectivity index (χ4v) is 3.54. The van der Waals surface area contributed by atoms with E-state index in [2.05, 4.69) is 41.6 Å². The quantitative estimate of drug-likeness (QED) is 0.872. The van der Waals surface area contributed by atoms with E-state index in [1.54, 1.807) is 12.1 Å². The van der Waals surface area contributed by atoms with E-state index in [0.717, 1.165) is 24.6 Å². The molecular formula is C17H26BrFN2. The molecule has 0 amide bonds. The first-order chi connectivity index (χ1) is 9.82. The highest BCUT2D eigenvalue weighted by Crippen LogP contribution is 2.36. The van der Waals surface area contributed by atoms with Crippen molar-refractivity contribution in [2.45, 2.75) is 39.7 Å². The molecule has 1 aromatic rings. The Bertz CT molecular complexity index is 476. The van der Waals surface area contributed by atoms with Crippen molar-refractivity contribution in [2.75, 3.05) is 19.6 Å². The number of piperidine rings is 1. The molecule has 21 heavy (non-hydrogen) atoms. The Morgan fingerprint density at radius 2 is 1.95 bits per heavy atom. The fraction of sp³-hybridized carbons (Fsp3) is 0.647. The molecule has 2 rings (SSSR count). The van der Waals surface area contributed by atoms with Crippen LogP contribution < -0.4 is 5.73 Å². The third kappa shape index (κ3) is 4.05. The van der Waals surface area contributed by atoms with E-state index < -0.39 is 0 Å². The van der Waals surface area contributed by atoms with Crippen molar-refractivity contribution in [2.24, 2.45) is 17.1 Å². The van der Waals surface area contributed by atoms with Crippen molar-refractivity contribution in [3.8, 4) is 0 Å². The van der Waals surface area contributed by atoms with Crippen molar-refractivity contribution >= 4 is 15.9 Å². The van der Waals surface area contributed by atoms with E-state index in [-0.39, 0.29) is 11.9 Å². The van der Waals surface area contributed by atoms with Gasteiger partial charge in [-0.05, 0) is 70.9 Å². The molecule has 1 atom stereocenters. The second-order valence-corrected chi connectivity index (χ2v) is 7.96. The van der Waals surface area contributed by atoms with Crippen LogP contribution in [-0.4, -0.2) is 24.5 Å². The highest BCUT2D eigenvalue weighted by molar-refractivity contribution is 9.10. The molecule has 1 aliphatic rings. The molecule has 118 valence electrons. The largest absolute Gasteiger partial charge is 0.329 e. The van der Waals surface area contributed by atoms with Gasteiger partial charge in [0.05, 0.1) is 4.47 Å². The average molecular weight is 357 g/mol. The number of rotatable bonds is 3. The van der Waals surface area contributed by atoms with E-state index in [1.807, 2.05) is 6.07 Å². The molecule has 1 fully saturated rings. The van der Waals surface area contributed by atoms with Crippen LogP contribution in [0.4, 0.5) is 4.39 Å². The monoisotopic (exact) mass is 356 g/mol. The molecule has 0 aromatic heterocycles. The number of likely N-dealkylation sites (tertiary alicyclic amines) is 1. The molecule has 2 N–H and O–H groups in total. The molecule has 0 radical (unpaired) electrons. The molecule has 2 nitrogen and oxygen atoms in total. The smallest absolute Gasteiger partial charge is 0.137 e. The third-order valence-corrected chi connectivity index (χ3v) is 5.39. The first kappa shape index (κ1) is 16.9. The van der Waals surface area contributed by atoms with Gasteiger partial charge in [0.2, 0.25) is 0 Å². The van der Waals surface area contributed by atoms with Crippen LogP contribution in [0.3, 0.4) is 0 Å². The number of nitrogens with zero attached hydrogens (tertiary/aromatic N) is 1. The maximum atomic E-state index is 13.8. The molecule has 0 saturated carbocycles. The first-order valence-corrected chi connectivity index (χ1v) is 8.51. The maximum Gasteiger partial charge on any atom is 0.137 e. The van der Waals surface area contributed by atoms with Gasteiger partial charge in [0.15, 0.2) is 0 Å². The van der Waals surface area contributed by atoms with E-state index in [0.29, 0.717) is 16.4 Å². The van der Waals surface area contributed by atoms with Gasteiger partial charge in [-0.15, -0.1) is 0 Å². The van der Waals surface area contributed by atoms with E-state index in [1.165, 1.54) is 12.8 Å². The van der Waals surface area contributed by atoms with Crippen molar-refractivity contribution in [3.05, 3.63) is 34.1 Å². The SMILES string of the molecule is CC(C)(C)C1CCN(C(CN)c2ccc(Br)c(F)c2)CC1.